The molecule has 3 amide bonds. The average molecular weight is 697 g/mol. The van der Waals surface area contributed by atoms with Crippen molar-refractivity contribution in [3.8, 4) is 0 Å². The van der Waals surface area contributed by atoms with Crippen molar-refractivity contribution in [2.24, 2.45) is 46.3 Å². The zero-order valence-corrected chi connectivity index (χ0v) is 31.7. The molecule has 0 bridgehead atoms. The maximum absolute atomic E-state index is 12.7. The van der Waals surface area contributed by atoms with Gasteiger partial charge in [-0.15, -0.1) is 0 Å². The summed E-state index contributed by atoms with van der Waals surface area (Å²) in [5.74, 6) is 3.32. The Balaban J connectivity index is 0.971. The molecule has 0 aromatic heterocycles. The van der Waals surface area contributed by atoms with Crippen molar-refractivity contribution in [2.75, 3.05) is 33.0 Å². The van der Waals surface area contributed by atoms with E-state index < -0.39 is 23.8 Å². The minimum Gasteiger partial charge on any atom is -0.462 e. The highest BCUT2D eigenvalue weighted by Gasteiger charge is 2.59. The lowest BCUT2D eigenvalue weighted by Crippen LogP contribution is -2.51. The van der Waals surface area contributed by atoms with Crippen LogP contribution < -0.4 is 5.32 Å². The number of amides is 3. The highest BCUT2D eigenvalue weighted by atomic mass is 16.5. The van der Waals surface area contributed by atoms with Crippen molar-refractivity contribution in [3.05, 3.63) is 23.8 Å². The predicted octanol–water partition coefficient (Wildman–Crippen LogP) is 6.79. The standard InChI is InChI=1S/C41H64N2O7/c1-27(2)8-7-9-28(3)33-12-13-34-32-11-10-30-26-31(16-19-40(30,5)35(32)17-20-41(33,34)6)50-38(46)18-22-48-24-25-49-23-21-42-39(47)29(4)43-36(44)14-15-37(43)45/h10,14-15,27-29,31-35H,7-9,11-13,16-26H2,1-6H3,(H,42,47)/t28-,29?,31+,32+,33-,34+,35+,40+,41-/m1/s1. The van der Waals surface area contributed by atoms with Gasteiger partial charge in [-0.1, -0.05) is 65.5 Å². The number of allylic oxidation sites excluding steroid dienone is 1. The topological polar surface area (TPSA) is 111 Å². The third-order valence-electron chi connectivity index (χ3n) is 13.5. The highest BCUT2D eigenvalue weighted by Crippen LogP contribution is 2.67. The summed E-state index contributed by atoms with van der Waals surface area (Å²) in [7, 11) is 0. The maximum Gasteiger partial charge on any atom is 0.308 e. The summed E-state index contributed by atoms with van der Waals surface area (Å²) < 4.78 is 17.1. The SMILES string of the molecule is CC(C)CCC[C@@H](C)[C@H]1CC[C@H]2[C@@H]3CC=C4C[C@@H](OC(=O)CCOCCOCCNC(=O)C(C)N5C(=O)C=CC5=O)CC[C@]4(C)[C@H]3CC[C@]12C. The summed E-state index contributed by atoms with van der Waals surface area (Å²) >= 11 is 0. The first kappa shape index (κ1) is 38.7. The fraction of sp³-hybridized carbons (Fsp3) is 0.805. The normalized spacial score (nSPS) is 33.1. The minimum absolute atomic E-state index is 0.0472. The van der Waals surface area contributed by atoms with E-state index in [-0.39, 0.29) is 43.7 Å². The van der Waals surface area contributed by atoms with Gasteiger partial charge in [-0.2, -0.15) is 0 Å². The summed E-state index contributed by atoms with van der Waals surface area (Å²) in [6, 6.07) is -0.885. The van der Waals surface area contributed by atoms with E-state index in [0.29, 0.717) is 18.6 Å². The summed E-state index contributed by atoms with van der Waals surface area (Å²) in [6.45, 7) is 15.4. The van der Waals surface area contributed by atoms with Crippen LogP contribution >= 0.6 is 0 Å². The molecule has 1 N–H and O–H groups in total. The smallest absolute Gasteiger partial charge is 0.308 e. The van der Waals surface area contributed by atoms with E-state index in [1.807, 2.05) is 0 Å². The van der Waals surface area contributed by atoms with E-state index in [0.717, 1.165) is 71.8 Å². The Morgan fingerprint density at radius 2 is 1.62 bits per heavy atom. The molecular formula is C41H64N2O7. The molecule has 1 aliphatic heterocycles. The molecule has 50 heavy (non-hydrogen) atoms. The molecule has 5 aliphatic rings. The van der Waals surface area contributed by atoms with E-state index in [4.69, 9.17) is 14.2 Å². The summed E-state index contributed by atoms with van der Waals surface area (Å²) in [5.41, 5.74) is 2.27. The van der Waals surface area contributed by atoms with Crippen molar-refractivity contribution in [1.82, 2.24) is 10.2 Å². The molecule has 0 saturated heterocycles. The predicted molar refractivity (Wildman–Crippen MR) is 193 cm³/mol. The van der Waals surface area contributed by atoms with E-state index in [1.165, 1.54) is 63.9 Å². The number of carbonyl (C=O) groups is 4. The number of hydrogen-bond acceptors (Lipinski definition) is 7. The lowest BCUT2D eigenvalue weighted by Gasteiger charge is -2.58. The molecule has 5 rings (SSSR count). The largest absolute Gasteiger partial charge is 0.462 e. The third-order valence-corrected chi connectivity index (χ3v) is 13.5. The van der Waals surface area contributed by atoms with Gasteiger partial charge in [-0.3, -0.25) is 24.1 Å². The zero-order valence-electron chi connectivity index (χ0n) is 31.7. The fourth-order valence-electron chi connectivity index (χ4n) is 10.8. The van der Waals surface area contributed by atoms with Gasteiger partial charge in [-0.25, -0.2) is 0 Å². The number of rotatable bonds is 17. The number of nitrogens with one attached hydrogen (secondary N) is 1. The van der Waals surface area contributed by atoms with Crippen LogP contribution in [0.4, 0.5) is 0 Å². The molecule has 0 radical (unpaired) electrons. The number of fused-ring (bicyclic) bond motifs is 5. The first-order valence-corrected chi connectivity index (χ1v) is 19.7. The van der Waals surface area contributed by atoms with Gasteiger partial charge in [0.05, 0.1) is 32.8 Å². The van der Waals surface area contributed by atoms with Crippen molar-refractivity contribution < 1.29 is 33.4 Å². The minimum atomic E-state index is -0.885. The van der Waals surface area contributed by atoms with Crippen LogP contribution in [0.15, 0.2) is 23.8 Å². The molecule has 9 nitrogen and oxygen atoms in total. The Labute approximate surface area is 300 Å². The van der Waals surface area contributed by atoms with Crippen LogP contribution in [0.3, 0.4) is 0 Å². The Kier molecular flexibility index (Phi) is 13.1. The first-order valence-electron chi connectivity index (χ1n) is 19.7. The number of imide groups is 1. The summed E-state index contributed by atoms with van der Waals surface area (Å²) in [4.78, 5) is 49.4. The van der Waals surface area contributed by atoms with Gasteiger partial charge in [0.2, 0.25) is 5.91 Å². The molecule has 3 saturated carbocycles. The molecule has 9 heteroatoms. The van der Waals surface area contributed by atoms with E-state index in [2.05, 4.69) is 46.0 Å². The van der Waals surface area contributed by atoms with Crippen LogP contribution in [0.2, 0.25) is 0 Å². The Hall–Kier alpha value is -2.52. The fourth-order valence-corrected chi connectivity index (χ4v) is 10.8. The molecule has 0 aromatic rings. The van der Waals surface area contributed by atoms with Gasteiger partial charge < -0.3 is 19.5 Å². The van der Waals surface area contributed by atoms with Gasteiger partial charge in [0.15, 0.2) is 0 Å². The number of ether oxygens (including phenoxy) is 3. The molecule has 9 atom stereocenters. The van der Waals surface area contributed by atoms with Gasteiger partial charge in [0, 0.05) is 25.1 Å². The zero-order chi connectivity index (χ0) is 36.1. The van der Waals surface area contributed by atoms with Crippen molar-refractivity contribution in [1.29, 1.82) is 0 Å². The summed E-state index contributed by atoms with van der Waals surface area (Å²) in [6.07, 6.45) is 18.8. The second kappa shape index (κ2) is 16.9. The van der Waals surface area contributed by atoms with Crippen LogP contribution in [0.1, 0.15) is 119 Å². The molecule has 3 fully saturated rings. The second-order valence-electron chi connectivity index (χ2n) is 17.0. The Morgan fingerprint density at radius 3 is 2.34 bits per heavy atom. The number of nitrogens with zero attached hydrogens (tertiary/aromatic N) is 1. The number of esters is 1. The van der Waals surface area contributed by atoms with Crippen LogP contribution in [0.25, 0.3) is 0 Å². The lowest BCUT2D eigenvalue weighted by atomic mass is 9.47. The number of carbonyl (C=O) groups excluding carboxylic acids is 4. The average Bonchev–Trinajstić information content (AvgIpc) is 3.61. The monoisotopic (exact) mass is 696 g/mol. The van der Waals surface area contributed by atoms with Crippen molar-refractivity contribution in [2.45, 2.75) is 131 Å². The molecule has 4 aliphatic carbocycles. The van der Waals surface area contributed by atoms with Crippen molar-refractivity contribution in [3.63, 3.8) is 0 Å². The quantitative estimate of drug-likeness (QED) is 0.0772. The van der Waals surface area contributed by atoms with Crippen LogP contribution in [-0.2, 0) is 33.4 Å². The molecule has 0 spiro atoms. The molecule has 0 aromatic carbocycles. The molecule has 280 valence electrons. The van der Waals surface area contributed by atoms with E-state index in [9.17, 15) is 19.2 Å². The second-order valence-corrected chi connectivity index (χ2v) is 17.0. The van der Waals surface area contributed by atoms with Crippen LogP contribution in [-0.4, -0.2) is 73.7 Å². The third kappa shape index (κ3) is 8.57. The van der Waals surface area contributed by atoms with Crippen molar-refractivity contribution >= 4 is 23.7 Å². The molecule has 1 unspecified atom stereocenters. The van der Waals surface area contributed by atoms with E-state index >= 15 is 0 Å². The molecule has 1 heterocycles. The highest BCUT2D eigenvalue weighted by molar-refractivity contribution is 6.15. The Bertz CT molecular complexity index is 1280. The summed E-state index contributed by atoms with van der Waals surface area (Å²) in [5, 5.41) is 2.67. The lowest BCUT2D eigenvalue weighted by molar-refractivity contribution is -0.153. The van der Waals surface area contributed by atoms with Gasteiger partial charge in [-0.05, 0) is 98.2 Å². The Morgan fingerprint density at radius 1 is 0.900 bits per heavy atom. The first-order chi connectivity index (χ1) is 23.8. The van der Waals surface area contributed by atoms with E-state index in [1.54, 1.807) is 0 Å². The van der Waals surface area contributed by atoms with Gasteiger partial charge >= 0.3 is 5.97 Å². The molecular weight excluding hydrogens is 632 g/mol. The maximum atomic E-state index is 12.7. The van der Waals surface area contributed by atoms with Gasteiger partial charge in [0.1, 0.15) is 12.1 Å². The van der Waals surface area contributed by atoms with Gasteiger partial charge in [0.25, 0.3) is 11.8 Å². The van der Waals surface area contributed by atoms with Crippen LogP contribution in [0, 0.1) is 46.3 Å². The number of hydrogen-bond donors (Lipinski definition) is 1. The van der Waals surface area contributed by atoms with Crippen LogP contribution in [0.5, 0.6) is 0 Å².